The third-order valence-electron chi connectivity index (χ3n) is 3.73. The molecular formula is C19H23NO. The minimum absolute atomic E-state index is 0.338. The maximum absolute atomic E-state index is 5.23. The molecule has 0 aliphatic carbocycles. The van der Waals surface area contributed by atoms with Crippen molar-refractivity contribution >= 4 is 5.69 Å². The second kappa shape index (κ2) is 6.98. The Labute approximate surface area is 127 Å². The topological polar surface area (TPSA) is 12.5 Å². The van der Waals surface area contributed by atoms with Gasteiger partial charge in [-0.1, -0.05) is 30.3 Å². The average molecular weight is 281 g/mol. The molecule has 21 heavy (non-hydrogen) atoms. The summed E-state index contributed by atoms with van der Waals surface area (Å²) < 4.78 is 5.23. The Hall–Kier alpha value is -2.22. The molecule has 0 bridgehead atoms. The van der Waals surface area contributed by atoms with Crippen molar-refractivity contribution in [2.45, 2.75) is 12.3 Å². The average Bonchev–Trinajstić information content (AvgIpc) is 2.53. The Morgan fingerprint density at radius 3 is 1.95 bits per heavy atom. The Kier molecular flexibility index (Phi) is 5.04. The van der Waals surface area contributed by atoms with Crippen molar-refractivity contribution in [3.05, 3.63) is 72.3 Å². The molecule has 0 saturated heterocycles. The fourth-order valence-corrected chi connectivity index (χ4v) is 2.47. The summed E-state index contributed by atoms with van der Waals surface area (Å²) in [5, 5.41) is 0. The quantitative estimate of drug-likeness (QED) is 0.724. The maximum atomic E-state index is 5.23. The van der Waals surface area contributed by atoms with Crippen LogP contribution < -0.4 is 9.64 Å². The molecule has 0 aliphatic heterocycles. The molecular weight excluding hydrogens is 258 g/mol. The molecule has 0 aromatic heterocycles. The highest BCUT2D eigenvalue weighted by Gasteiger charge is 2.13. The van der Waals surface area contributed by atoms with Gasteiger partial charge >= 0.3 is 0 Å². The molecule has 0 saturated carbocycles. The third kappa shape index (κ3) is 3.66. The van der Waals surface area contributed by atoms with Gasteiger partial charge in [-0.25, -0.2) is 0 Å². The lowest BCUT2D eigenvalue weighted by Gasteiger charge is -2.19. The van der Waals surface area contributed by atoms with Gasteiger partial charge in [0.25, 0.3) is 0 Å². The van der Waals surface area contributed by atoms with Crippen molar-refractivity contribution in [1.29, 1.82) is 0 Å². The van der Waals surface area contributed by atoms with Gasteiger partial charge in [-0.15, -0.1) is 6.58 Å². The van der Waals surface area contributed by atoms with Crippen LogP contribution in [0.3, 0.4) is 0 Å². The minimum atomic E-state index is 0.338. The number of rotatable bonds is 6. The lowest BCUT2D eigenvalue weighted by atomic mass is 9.88. The lowest BCUT2D eigenvalue weighted by molar-refractivity contribution is 0.414. The number of methoxy groups -OCH3 is 1. The summed E-state index contributed by atoms with van der Waals surface area (Å²) in [5.41, 5.74) is 3.81. The van der Waals surface area contributed by atoms with Crippen LogP contribution in [0.2, 0.25) is 0 Å². The first-order valence-electron chi connectivity index (χ1n) is 7.18. The van der Waals surface area contributed by atoms with Gasteiger partial charge in [0, 0.05) is 25.7 Å². The van der Waals surface area contributed by atoms with Crippen LogP contribution in [0.25, 0.3) is 0 Å². The summed E-state index contributed by atoms with van der Waals surface area (Å²) in [6.07, 6.45) is 2.91. The van der Waals surface area contributed by atoms with Gasteiger partial charge in [0.1, 0.15) is 5.75 Å². The fraction of sp³-hybridized carbons (Fsp3) is 0.263. The molecule has 2 aromatic rings. The monoisotopic (exact) mass is 281 g/mol. The van der Waals surface area contributed by atoms with E-state index in [2.05, 4.69) is 62.0 Å². The fourth-order valence-electron chi connectivity index (χ4n) is 2.47. The standard InChI is InChI=1S/C19H23NO/c1-5-6-19(16-9-13-18(21-4)14-10-16)15-7-11-17(12-8-15)20(2)3/h5,7-14,19H,1,6H2,2-4H3. The highest BCUT2D eigenvalue weighted by Crippen LogP contribution is 2.30. The molecule has 0 N–H and O–H groups in total. The van der Waals surface area contributed by atoms with Gasteiger partial charge in [0.15, 0.2) is 0 Å². The van der Waals surface area contributed by atoms with Crippen LogP contribution in [0, 0.1) is 0 Å². The maximum Gasteiger partial charge on any atom is 0.118 e. The molecule has 2 aromatic carbocycles. The molecule has 2 rings (SSSR count). The van der Waals surface area contributed by atoms with E-state index in [0.717, 1.165) is 12.2 Å². The smallest absolute Gasteiger partial charge is 0.118 e. The van der Waals surface area contributed by atoms with Crippen LogP contribution in [0.4, 0.5) is 5.69 Å². The van der Waals surface area contributed by atoms with Crippen LogP contribution in [0.15, 0.2) is 61.2 Å². The Balaban J connectivity index is 2.30. The van der Waals surface area contributed by atoms with Gasteiger partial charge < -0.3 is 9.64 Å². The van der Waals surface area contributed by atoms with Gasteiger partial charge in [0.2, 0.25) is 0 Å². The van der Waals surface area contributed by atoms with Crippen molar-refractivity contribution < 1.29 is 4.74 Å². The van der Waals surface area contributed by atoms with Crippen LogP contribution in [0.5, 0.6) is 5.75 Å². The zero-order valence-corrected chi connectivity index (χ0v) is 13.0. The van der Waals surface area contributed by atoms with Gasteiger partial charge in [-0.05, 0) is 41.8 Å². The number of ether oxygens (including phenoxy) is 1. The molecule has 2 heteroatoms. The first kappa shape index (κ1) is 15.2. The van der Waals surface area contributed by atoms with E-state index in [9.17, 15) is 0 Å². The number of anilines is 1. The predicted octanol–water partition coefficient (Wildman–Crippen LogP) is 4.47. The van der Waals surface area contributed by atoms with Crippen LogP contribution in [-0.2, 0) is 0 Å². The van der Waals surface area contributed by atoms with E-state index in [-0.39, 0.29) is 0 Å². The van der Waals surface area contributed by atoms with Crippen molar-refractivity contribution in [2.24, 2.45) is 0 Å². The second-order valence-corrected chi connectivity index (χ2v) is 5.34. The summed E-state index contributed by atoms with van der Waals surface area (Å²) in [5.74, 6) is 1.23. The van der Waals surface area contributed by atoms with E-state index in [4.69, 9.17) is 4.74 Å². The third-order valence-corrected chi connectivity index (χ3v) is 3.73. The number of allylic oxidation sites excluding steroid dienone is 1. The normalized spacial score (nSPS) is 11.8. The zero-order valence-electron chi connectivity index (χ0n) is 13.0. The number of nitrogens with zero attached hydrogens (tertiary/aromatic N) is 1. The van der Waals surface area contributed by atoms with E-state index >= 15 is 0 Å². The van der Waals surface area contributed by atoms with Gasteiger partial charge in [-0.2, -0.15) is 0 Å². The molecule has 0 heterocycles. The van der Waals surface area contributed by atoms with E-state index in [1.54, 1.807) is 7.11 Å². The summed E-state index contributed by atoms with van der Waals surface area (Å²) in [7, 11) is 5.80. The van der Waals surface area contributed by atoms with Gasteiger partial charge in [0.05, 0.1) is 7.11 Å². The molecule has 0 fully saturated rings. The zero-order chi connectivity index (χ0) is 15.2. The SMILES string of the molecule is C=CCC(c1ccc(OC)cc1)c1ccc(N(C)C)cc1. The van der Waals surface area contributed by atoms with Crippen molar-refractivity contribution in [1.82, 2.24) is 0 Å². The highest BCUT2D eigenvalue weighted by molar-refractivity contribution is 5.48. The van der Waals surface area contributed by atoms with Crippen LogP contribution in [0.1, 0.15) is 23.5 Å². The molecule has 110 valence electrons. The van der Waals surface area contributed by atoms with Crippen LogP contribution >= 0.6 is 0 Å². The van der Waals surface area contributed by atoms with Gasteiger partial charge in [-0.3, -0.25) is 0 Å². The van der Waals surface area contributed by atoms with E-state index in [0.29, 0.717) is 5.92 Å². The molecule has 0 amide bonds. The summed E-state index contributed by atoms with van der Waals surface area (Å²) in [6.45, 7) is 3.90. The molecule has 1 atom stereocenters. The van der Waals surface area contributed by atoms with Crippen LogP contribution in [-0.4, -0.2) is 21.2 Å². The first-order chi connectivity index (χ1) is 10.2. The Morgan fingerprint density at radius 2 is 1.52 bits per heavy atom. The van der Waals surface area contributed by atoms with Crippen molar-refractivity contribution in [3.63, 3.8) is 0 Å². The Morgan fingerprint density at radius 1 is 1.00 bits per heavy atom. The Bertz CT molecular complexity index is 570. The van der Waals surface area contributed by atoms with Crippen molar-refractivity contribution in [2.75, 3.05) is 26.1 Å². The minimum Gasteiger partial charge on any atom is -0.497 e. The predicted molar refractivity (Wildman–Crippen MR) is 90.4 cm³/mol. The first-order valence-corrected chi connectivity index (χ1v) is 7.18. The highest BCUT2D eigenvalue weighted by atomic mass is 16.5. The van der Waals surface area contributed by atoms with Crippen molar-refractivity contribution in [3.8, 4) is 5.75 Å². The number of hydrogen-bond donors (Lipinski definition) is 0. The van der Waals surface area contributed by atoms with E-state index in [1.807, 2.05) is 18.2 Å². The molecule has 0 radical (unpaired) electrons. The lowest BCUT2D eigenvalue weighted by Crippen LogP contribution is -2.08. The number of benzene rings is 2. The second-order valence-electron chi connectivity index (χ2n) is 5.34. The molecule has 2 nitrogen and oxygen atoms in total. The summed E-state index contributed by atoms with van der Waals surface area (Å²) in [6, 6.07) is 17.0. The van der Waals surface area contributed by atoms with E-state index in [1.165, 1.54) is 16.8 Å². The molecule has 0 aliphatic rings. The summed E-state index contributed by atoms with van der Waals surface area (Å²) >= 11 is 0. The molecule has 1 unspecified atom stereocenters. The number of hydrogen-bond acceptors (Lipinski definition) is 2. The molecule has 0 spiro atoms. The largest absolute Gasteiger partial charge is 0.497 e. The van der Waals surface area contributed by atoms with E-state index < -0.39 is 0 Å². The summed E-state index contributed by atoms with van der Waals surface area (Å²) in [4.78, 5) is 2.11.